The molecule has 3 heteroatoms. The van der Waals surface area contributed by atoms with Crippen molar-refractivity contribution >= 4 is 5.78 Å². The van der Waals surface area contributed by atoms with Gasteiger partial charge in [0.1, 0.15) is 0 Å². The van der Waals surface area contributed by atoms with Gasteiger partial charge < -0.3 is 17.0 Å². The molecule has 0 unspecified atom stereocenters. The van der Waals surface area contributed by atoms with E-state index >= 15 is 0 Å². The van der Waals surface area contributed by atoms with Crippen LogP contribution in [0.3, 0.4) is 0 Å². The Morgan fingerprint density at radius 3 is 2.20 bits per heavy atom. The van der Waals surface area contributed by atoms with E-state index in [1.807, 2.05) is 49.9 Å². The molecule has 0 amide bonds. The fourth-order valence-corrected chi connectivity index (χ4v) is 2.62. The molecule has 106 valence electrons. The van der Waals surface area contributed by atoms with Crippen molar-refractivity contribution in [3.63, 3.8) is 0 Å². The molecular formula is C17H20BrNO. The van der Waals surface area contributed by atoms with Gasteiger partial charge in [-0.25, -0.2) is 0 Å². The van der Waals surface area contributed by atoms with Crippen LogP contribution in [-0.2, 0) is 6.54 Å². The summed E-state index contributed by atoms with van der Waals surface area (Å²) in [6, 6.07) is 8.14. The van der Waals surface area contributed by atoms with Crippen molar-refractivity contribution in [2.24, 2.45) is 0 Å². The summed E-state index contributed by atoms with van der Waals surface area (Å²) < 4.78 is 1.94. The number of hydrogen-bond donors (Lipinski definition) is 0. The molecule has 0 fully saturated rings. The maximum atomic E-state index is 12.5. The van der Waals surface area contributed by atoms with Crippen LogP contribution in [-0.4, -0.2) is 5.78 Å². The summed E-state index contributed by atoms with van der Waals surface area (Å²) in [4.78, 5) is 12.5. The third-order valence-electron chi connectivity index (χ3n) is 3.29. The maximum absolute atomic E-state index is 12.5. The van der Waals surface area contributed by atoms with Crippen LogP contribution in [0.5, 0.6) is 0 Å². The van der Waals surface area contributed by atoms with E-state index in [0.29, 0.717) is 6.54 Å². The van der Waals surface area contributed by atoms with Crippen LogP contribution in [0.1, 0.15) is 32.6 Å². The minimum absolute atomic E-state index is 0. The quantitative estimate of drug-likeness (QED) is 0.576. The van der Waals surface area contributed by atoms with E-state index in [-0.39, 0.29) is 22.8 Å². The van der Waals surface area contributed by atoms with Crippen LogP contribution < -0.4 is 21.5 Å². The number of halogens is 1. The Hall–Kier alpha value is -1.48. The number of nitrogens with zero attached hydrogens (tertiary/aromatic N) is 1. The number of Topliss-reactive ketones (excluding diaryl/α,β-unsaturated/α-hetero) is 1. The first-order chi connectivity index (χ1) is 8.97. The van der Waals surface area contributed by atoms with Gasteiger partial charge in [0, 0.05) is 17.2 Å². The van der Waals surface area contributed by atoms with Gasteiger partial charge in [-0.1, -0.05) is 17.7 Å². The van der Waals surface area contributed by atoms with Crippen LogP contribution in [0.2, 0.25) is 0 Å². The number of hydrogen-bond acceptors (Lipinski definition) is 1. The first-order valence-corrected chi connectivity index (χ1v) is 6.54. The van der Waals surface area contributed by atoms with Gasteiger partial charge in [-0.05, 0) is 44.9 Å². The smallest absolute Gasteiger partial charge is 0.228 e. The summed E-state index contributed by atoms with van der Waals surface area (Å²) in [6.45, 7) is 8.50. The molecule has 1 aromatic heterocycles. The molecule has 2 aromatic rings. The van der Waals surface area contributed by atoms with Crippen molar-refractivity contribution in [2.75, 3.05) is 0 Å². The van der Waals surface area contributed by atoms with Gasteiger partial charge in [-0.2, -0.15) is 4.57 Å². The standard InChI is InChI=1S/C17H20NO.BrH/c1-12-6-5-7-18(10-12)11-16(19)17-14(3)8-13(2)9-15(17)4;/h5-10H,11H2,1-4H3;1H/q+1;/p-1. The lowest BCUT2D eigenvalue weighted by Crippen LogP contribution is -3.00. The number of carbonyl (C=O) groups excluding carboxylic acids is 1. The largest absolute Gasteiger partial charge is 1.00 e. The lowest BCUT2D eigenvalue weighted by molar-refractivity contribution is -0.683. The average Bonchev–Trinajstić information content (AvgIpc) is 2.27. The molecule has 1 heterocycles. The van der Waals surface area contributed by atoms with Gasteiger partial charge in [0.15, 0.2) is 12.4 Å². The zero-order valence-corrected chi connectivity index (χ0v) is 14.0. The minimum atomic E-state index is 0. The molecule has 0 aliphatic rings. The topological polar surface area (TPSA) is 20.9 Å². The molecule has 0 N–H and O–H groups in total. The molecule has 0 atom stereocenters. The third kappa shape index (κ3) is 3.76. The summed E-state index contributed by atoms with van der Waals surface area (Å²) in [5.41, 5.74) is 5.36. The van der Waals surface area contributed by atoms with Crippen LogP contribution in [0.15, 0.2) is 36.7 Å². The highest BCUT2D eigenvalue weighted by Gasteiger charge is 2.17. The van der Waals surface area contributed by atoms with Crippen molar-refractivity contribution in [3.8, 4) is 0 Å². The maximum Gasteiger partial charge on any atom is 0.228 e. The van der Waals surface area contributed by atoms with E-state index in [9.17, 15) is 4.79 Å². The van der Waals surface area contributed by atoms with Gasteiger partial charge in [0.25, 0.3) is 0 Å². The Kier molecular flexibility index (Phi) is 5.63. The Labute approximate surface area is 131 Å². The highest BCUT2D eigenvalue weighted by molar-refractivity contribution is 5.97. The minimum Gasteiger partial charge on any atom is -1.00 e. The van der Waals surface area contributed by atoms with Gasteiger partial charge in [-0.3, -0.25) is 4.79 Å². The molecule has 0 saturated heterocycles. The number of carbonyl (C=O) groups is 1. The van der Waals surface area contributed by atoms with E-state index < -0.39 is 0 Å². The number of aromatic nitrogens is 1. The average molecular weight is 334 g/mol. The lowest BCUT2D eigenvalue weighted by Gasteiger charge is -2.08. The predicted molar refractivity (Wildman–Crippen MR) is 76.4 cm³/mol. The van der Waals surface area contributed by atoms with Gasteiger partial charge >= 0.3 is 0 Å². The molecule has 0 spiro atoms. The SMILES string of the molecule is Cc1cc(C)c(C(=O)C[n+]2cccc(C)c2)c(C)c1.[Br-]. The first-order valence-electron chi connectivity index (χ1n) is 6.54. The van der Waals surface area contributed by atoms with Crippen LogP contribution in [0.25, 0.3) is 0 Å². The highest BCUT2D eigenvalue weighted by atomic mass is 79.9. The molecule has 0 radical (unpaired) electrons. The van der Waals surface area contributed by atoms with E-state index in [1.54, 1.807) is 0 Å². The molecule has 0 saturated carbocycles. The molecular weight excluding hydrogens is 314 g/mol. The summed E-state index contributed by atoms with van der Waals surface area (Å²) in [6.07, 6.45) is 3.93. The molecule has 0 aliphatic carbocycles. The van der Waals surface area contributed by atoms with Crippen LogP contribution >= 0.6 is 0 Å². The predicted octanol–water partition coefficient (Wildman–Crippen LogP) is 0.0947. The van der Waals surface area contributed by atoms with E-state index in [0.717, 1.165) is 22.3 Å². The van der Waals surface area contributed by atoms with Gasteiger partial charge in [-0.15, -0.1) is 0 Å². The van der Waals surface area contributed by atoms with Crippen molar-refractivity contribution in [1.82, 2.24) is 0 Å². The normalized spacial score (nSPS) is 10.0. The number of aryl methyl sites for hydroxylation is 4. The summed E-state index contributed by atoms with van der Waals surface area (Å²) in [5.74, 6) is 0.172. The Bertz CT molecular complexity index is 612. The highest BCUT2D eigenvalue weighted by Crippen LogP contribution is 2.17. The van der Waals surface area contributed by atoms with Crippen molar-refractivity contribution in [2.45, 2.75) is 34.2 Å². The van der Waals surface area contributed by atoms with Crippen molar-refractivity contribution in [3.05, 3.63) is 64.5 Å². The van der Waals surface area contributed by atoms with Crippen molar-refractivity contribution in [1.29, 1.82) is 0 Å². The van der Waals surface area contributed by atoms with E-state index in [2.05, 4.69) is 19.1 Å². The second kappa shape index (κ2) is 6.80. The van der Waals surface area contributed by atoms with Gasteiger partial charge in [0.2, 0.25) is 12.3 Å². The monoisotopic (exact) mass is 333 g/mol. The number of ketones is 1. The molecule has 0 bridgehead atoms. The summed E-state index contributed by atoms with van der Waals surface area (Å²) in [7, 11) is 0. The number of benzene rings is 1. The fraction of sp³-hybridized carbons (Fsp3) is 0.294. The lowest BCUT2D eigenvalue weighted by atomic mass is 9.96. The molecule has 0 aliphatic heterocycles. The van der Waals surface area contributed by atoms with Crippen LogP contribution in [0, 0.1) is 27.7 Å². The Morgan fingerprint density at radius 2 is 1.65 bits per heavy atom. The molecule has 2 rings (SSSR count). The molecule has 1 aromatic carbocycles. The number of rotatable bonds is 3. The second-order valence-corrected chi connectivity index (χ2v) is 5.25. The Balaban J connectivity index is 0.00000200. The van der Waals surface area contributed by atoms with E-state index in [1.165, 1.54) is 5.56 Å². The van der Waals surface area contributed by atoms with Gasteiger partial charge in [0.05, 0.1) is 0 Å². The molecule has 2 nitrogen and oxygen atoms in total. The Morgan fingerprint density at radius 1 is 1.05 bits per heavy atom. The third-order valence-corrected chi connectivity index (χ3v) is 3.29. The zero-order valence-electron chi connectivity index (χ0n) is 12.4. The summed E-state index contributed by atoms with van der Waals surface area (Å²) in [5, 5.41) is 0. The molecule has 20 heavy (non-hydrogen) atoms. The number of pyridine rings is 1. The first kappa shape index (κ1) is 16.6. The second-order valence-electron chi connectivity index (χ2n) is 5.25. The van der Waals surface area contributed by atoms with Crippen molar-refractivity contribution < 1.29 is 26.3 Å². The van der Waals surface area contributed by atoms with E-state index in [4.69, 9.17) is 0 Å². The van der Waals surface area contributed by atoms with Crippen LogP contribution in [0.4, 0.5) is 0 Å². The zero-order chi connectivity index (χ0) is 14.0. The summed E-state index contributed by atoms with van der Waals surface area (Å²) >= 11 is 0. The fourth-order valence-electron chi connectivity index (χ4n) is 2.62.